The van der Waals surface area contributed by atoms with Crippen molar-refractivity contribution >= 4 is 45.1 Å². The van der Waals surface area contributed by atoms with E-state index in [0.717, 1.165) is 31.7 Å². The molecule has 51 heavy (non-hydrogen) atoms. The molecule has 1 amide bonds. The summed E-state index contributed by atoms with van der Waals surface area (Å²) in [5, 5.41) is 29.2. The summed E-state index contributed by atoms with van der Waals surface area (Å²) in [6.45, 7) is 1.78. The van der Waals surface area contributed by atoms with Gasteiger partial charge in [-0.2, -0.15) is 0 Å². The van der Waals surface area contributed by atoms with Gasteiger partial charge in [-0.05, 0) is 68.0 Å². The zero-order valence-corrected chi connectivity index (χ0v) is 27.5. The van der Waals surface area contributed by atoms with Crippen LogP contribution in [-0.2, 0) is 6.67 Å². The first kappa shape index (κ1) is 32.5. The van der Waals surface area contributed by atoms with Crippen LogP contribution >= 0.6 is 0 Å². The number of hydrogen-bond acceptors (Lipinski definition) is 9. The van der Waals surface area contributed by atoms with E-state index in [0.29, 0.717) is 30.7 Å². The number of carbonyl (C=O) groups is 2. The highest BCUT2D eigenvalue weighted by molar-refractivity contribution is 5.98. The number of aromatic carboxylic acids is 1. The average Bonchev–Trinajstić information content (AvgIpc) is 3.82. The Labute approximate surface area is 289 Å². The van der Waals surface area contributed by atoms with Gasteiger partial charge in [-0.3, -0.25) is 24.0 Å². The molecule has 8 rings (SSSR count). The summed E-state index contributed by atoms with van der Waals surface area (Å²) in [6, 6.07) is 8.07. The van der Waals surface area contributed by atoms with Gasteiger partial charge in [0.15, 0.2) is 17.3 Å². The van der Waals surface area contributed by atoms with E-state index in [1.54, 1.807) is 15.2 Å². The molecule has 0 spiro atoms. The molecule has 1 aliphatic carbocycles. The first-order valence-electron chi connectivity index (χ1n) is 16.7. The van der Waals surface area contributed by atoms with Crippen molar-refractivity contribution < 1.29 is 33.3 Å². The Bertz CT molecular complexity index is 2320. The summed E-state index contributed by atoms with van der Waals surface area (Å²) in [4.78, 5) is 45.7. The lowest BCUT2D eigenvalue weighted by molar-refractivity contribution is 0.0694. The summed E-state index contributed by atoms with van der Waals surface area (Å²) in [5.41, 5.74) is 0.120. The molecular weight excluding hydrogens is 664 g/mol. The highest BCUT2D eigenvalue weighted by Crippen LogP contribution is 2.46. The summed E-state index contributed by atoms with van der Waals surface area (Å²) in [7, 11) is 1.42. The maximum atomic E-state index is 16.2. The maximum Gasteiger partial charge on any atom is 0.341 e. The van der Waals surface area contributed by atoms with Gasteiger partial charge in [0.1, 0.15) is 17.1 Å². The van der Waals surface area contributed by atoms with Crippen LogP contribution in [0.2, 0.25) is 0 Å². The van der Waals surface area contributed by atoms with E-state index >= 15 is 4.39 Å². The molecule has 1 saturated carbocycles. The van der Waals surface area contributed by atoms with E-state index in [2.05, 4.69) is 20.1 Å². The van der Waals surface area contributed by atoms with Crippen LogP contribution in [0.1, 0.15) is 52.4 Å². The third-order valence-electron chi connectivity index (χ3n) is 10.2. The molecule has 3 fully saturated rings. The van der Waals surface area contributed by atoms with Gasteiger partial charge in [0.05, 0.1) is 30.2 Å². The number of methoxy groups -OCH3 is 1. The number of carboxylic acids is 1. The Kier molecular flexibility index (Phi) is 8.01. The number of benzene rings is 2. The average molecular weight is 698 g/mol. The van der Waals surface area contributed by atoms with Crippen molar-refractivity contribution in [2.75, 3.05) is 31.6 Å². The number of ether oxygens (including phenoxy) is 1. The standard InChI is InChI=1S/C36H33F2N7O6/c1-51-33-30-24(32(46)25(36(49)50)16-44(30)22-5-6-22)14-26(38)31(33)43-15-20-3-2-12-42(28(20)17-43)18-45-27-7-4-21(37)13-23(27)29(35(45)48)40-41-34(47)19-8-10-39-11-9-19/h4,7-11,13-14,16,20,22,28,48H,2-3,5-6,12,15,17-18H2,1H3,(H,49,50)/t20-,28+/m0/s1. The van der Waals surface area contributed by atoms with E-state index < -0.39 is 34.5 Å². The molecule has 2 aliphatic heterocycles. The molecule has 2 atom stereocenters. The normalized spacial score (nSPS) is 19.3. The zero-order chi connectivity index (χ0) is 35.6. The summed E-state index contributed by atoms with van der Waals surface area (Å²) in [6.07, 6.45) is 7.55. The van der Waals surface area contributed by atoms with Crippen molar-refractivity contribution in [2.24, 2.45) is 16.1 Å². The predicted molar refractivity (Wildman–Crippen MR) is 182 cm³/mol. The number of azo groups is 1. The number of anilines is 1. The third-order valence-corrected chi connectivity index (χ3v) is 10.2. The number of amides is 1. The Morgan fingerprint density at radius 3 is 2.57 bits per heavy atom. The number of rotatable bonds is 8. The van der Waals surface area contributed by atoms with Crippen molar-refractivity contribution in [2.45, 2.75) is 44.4 Å². The van der Waals surface area contributed by atoms with Crippen molar-refractivity contribution in [3.63, 3.8) is 0 Å². The summed E-state index contributed by atoms with van der Waals surface area (Å²) >= 11 is 0. The van der Waals surface area contributed by atoms with Crippen molar-refractivity contribution in [1.29, 1.82) is 0 Å². The lowest BCUT2D eigenvalue weighted by Crippen LogP contribution is -2.45. The molecule has 0 unspecified atom stereocenters. The highest BCUT2D eigenvalue weighted by Gasteiger charge is 2.42. The molecule has 13 nitrogen and oxygen atoms in total. The number of aromatic nitrogens is 3. The van der Waals surface area contributed by atoms with E-state index in [1.165, 1.54) is 50.0 Å². The SMILES string of the molecule is COc1c(N2C[C@@H]3CCCN(Cn4c(O)c(N=NC(=O)c5ccncc5)c5cc(F)ccc54)[C@@H]3C2)c(F)cc2c(=O)c(C(=O)O)cn(C3CC3)c12. The van der Waals surface area contributed by atoms with Crippen LogP contribution in [0.3, 0.4) is 0 Å². The minimum absolute atomic E-state index is 0.0224. The van der Waals surface area contributed by atoms with E-state index in [-0.39, 0.29) is 64.0 Å². The molecule has 15 heteroatoms. The largest absolute Gasteiger partial charge is 0.493 e. The monoisotopic (exact) mass is 697 g/mol. The quantitative estimate of drug-likeness (QED) is 0.190. The van der Waals surface area contributed by atoms with Gasteiger partial charge in [0, 0.05) is 61.3 Å². The highest BCUT2D eigenvalue weighted by atomic mass is 19.1. The van der Waals surface area contributed by atoms with Crippen LogP contribution in [-0.4, -0.2) is 73.9 Å². The molecule has 3 aromatic heterocycles. The number of pyridine rings is 2. The van der Waals surface area contributed by atoms with Gasteiger partial charge in [0.25, 0.3) is 5.91 Å². The molecule has 0 bridgehead atoms. The number of halogens is 2. The number of carbonyl (C=O) groups excluding carboxylic acids is 1. The number of hydrogen-bond donors (Lipinski definition) is 2. The number of piperidine rings is 1. The fourth-order valence-corrected chi connectivity index (χ4v) is 7.72. The number of carboxylic acid groups (broad SMARTS) is 1. The minimum atomic E-state index is -1.37. The van der Waals surface area contributed by atoms with Crippen LogP contribution in [0.25, 0.3) is 21.8 Å². The Hall–Kier alpha value is -5.70. The van der Waals surface area contributed by atoms with Crippen molar-refractivity contribution in [3.8, 4) is 11.6 Å². The van der Waals surface area contributed by atoms with Crippen LogP contribution in [0, 0.1) is 17.6 Å². The minimum Gasteiger partial charge on any atom is -0.493 e. The lowest BCUT2D eigenvalue weighted by atomic mass is 9.92. The van der Waals surface area contributed by atoms with E-state index in [4.69, 9.17) is 4.74 Å². The van der Waals surface area contributed by atoms with Crippen LogP contribution in [0.5, 0.6) is 11.6 Å². The third kappa shape index (κ3) is 5.57. The first-order valence-corrected chi connectivity index (χ1v) is 16.7. The smallest absolute Gasteiger partial charge is 0.341 e. The first-order chi connectivity index (χ1) is 24.6. The van der Waals surface area contributed by atoms with Gasteiger partial charge < -0.3 is 24.4 Å². The lowest BCUT2D eigenvalue weighted by Gasteiger charge is -2.37. The molecule has 0 radical (unpaired) electrons. The van der Waals surface area contributed by atoms with Gasteiger partial charge in [-0.15, -0.1) is 10.2 Å². The molecular formula is C36H33F2N7O6. The number of nitrogens with zero attached hydrogens (tertiary/aromatic N) is 7. The Morgan fingerprint density at radius 2 is 1.84 bits per heavy atom. The fourth-order valence-electron chi connectivity index (χ4n) is 7.72. The second kappa shape index (κ2) is 12.6. The number of aromatic hydroxyl groups is 1. The Balaban J connectivity index is 1.13. The van der Waals surface area contributed by atoms with Gasteiger partial charge in [-0.25, -0.2) is 13.6 Å². The second-order valence-corrected chi connectivity index (χ2v) is 13.3. The number of likely N-dealkylation sites (tertiary alicyclic amines) is 1. The zero-order valence-electron chi connectivity index (χ0n) is 27.5. The second-order valence-electron chi connectivity index (χ2n) is 13.3. The molecule has 2 saturated heterocycles. The van der Waals surface area contributed by atoms with Crippen molar-refractivity contribution in [1.82, 2.24) is 19.0 Å². The summed E-state index contributed by atoms with van der Waals surface area (Å²) in [5.74, 6) is -3.21. The van der Waals surface area contributed by atoms with Gasteiger partial charge in [-0.1, -0.05) is 0 Å². The van der Waals surface area contributed by atoms with Crippen molar-refractivity contribution in [3.05, 3.63) is 88.0 Å². The molecule has 5 heterocycles. The Morgan fingerprint density at radius 1 is 1.06 bits per heavy atom. The van der Waals surface area contributed by atoms with Crippen LogP contribution in [0.4, 0.5) is 20.2 Å². The summed E-state index contributed by atoms with van der Waals surface area (Å²) < 4.78 is 39.8. The topological polar surface area (TPSA) is 155 Å². The predicted octanol–water partition coefficient (Wildman–Crippen LogP) is 5.86. The van der Waals surface area contributed by atoms with Crippen LogP contribution < -0.4 is 15.1 Å². The fraction of sp³-hybridized carbons (Fsp3) is 0.333. The van der Waals surface area contributed by atoms with E-state index in [1.807, 2.05) is 4.90 Å². The molecule has 5 aromatic rings. The van der Waals surface area contributed by atoms with Gasteiger partial charge in [0.2, 0.25) is 11.3 Å². The van der Waals surface area contributed by atoms with E-state index in [9.17, 15) is 29.0 Å². The van der Waals surface area contributed by atoms with Gasteiger partial charge >= 0.3 is 5.97 Å². The molecule has 2 N–H and O–H groups in total. The maximum absolute atomic E-state index is 16.2. The molecule has 2 aromatic carbocycles. The molecule has 262 valence electrons. The van der Waals surface area contributed by atoms with Crippen LogP contribution in [0.15, 0.2) is 70.0 Å². The number of fused-ring (bicyclic) bond motifs is 3. The molecule has 3 aliphatic rings.